The van der Waals surface area contributed by atoms with Gasteiger partial charge in [-0.25, -0.2) is 8.42 Å². The lowest BCUT2D eigenvalue weighted by atomic mass is 10.2. The van der Waals surface area contributed by atoms with E-state index in [4.69, 9.17) is 16.3 Å². The van der Waals surface area contributed by atoms with Gasteiger partial charge < -0.3 is 4.74 Å². The molecule has 1 unspecified atom stereocenters. The molecule has 1 aromatic heterocycles. The maximum absolute atomic E-state index is 12.5. The molecule has 9 heteroatoms. The van der Waals surface area contributed by atoms with Gasteiger partial charge in [0, 0.05) is 26.2 Å². The highest BCUT2D eigenvalue weighted by molar-refractivity contribution is 7.91. The number of hydrogen-bond acceptors (Lipinski definition) is 6. The molecule has 0 aromatic carbocycles. The van der Waals surface area contributed by atoms with Crippen LogP contribution < -0.4 is 0 Å². The lowest BCUT2D eigenvalue weighted by Crippen LogP contribution is -2.53. The largest absolute Gasteiger partial charge is 0.465 e. The van der Waals surface area contributed by atoms with E-state index in [1.807, 2.05) is 4.90 Å². The Hall–Kier alpha value is -0.670. The van der Waals surface area contributed by atoms with Gasteiger partial charge in [0.25, 0.3) is 10.0 Å². The fraction of sp³-hybridized carbons (Fsp3) is 0.615. The van der Waals surface area contributed by atoms with Gasteiger partial charge in [-0.2, -0.15) is 4.31 Å². The fourth-order valence-corrected chi connectivity index (χ4v) is 5.37. The Balaban J connectivity index is 1.99. The zero-order chi connectivity index (χ0) is 16.3. The molecule has 1 aliphatic rings. The quantitative estimate of drug-likeness (QED) is 0.741. The first-order valence-electron chi connectivity index (χ1n) is 7.02. The van der Waals surface area contributed by atoms with Gasteiger partial charge in [0.1, 0.15) is 10.3 Å². The predicted molar refractivity (Wildman–Crippen MR) is 85.8 cm³/mol. The second-order valence-electron chi connectivity index (χ2n) is 4.93. The van der Waals surface area contributed by atoms with E-state index in [1.54, 1.807) is 19.9 Å². The van der Waals surface area contributed by atoms with Crippen LogP contribution in [0.1, 0.15) is 13.8 Å². The summed E-state index contributed by atoms with van der Waals surface area (Å²) in [5.41, 5.74) is 0. The molecule has 6 nitrogen and oxygen atoms in total. The summed E-state index contributed by atoms with van der Waals surface area (Å²) in [6.07, 6.45) is 0. The molecule has 0 N–H and O–H groups in total. The molecule has 124 valence electrons. The minimum absolute atomic E-state index is 0.254. The van der Waals surface area contributed by atoms with Gasteiger partial charge in [0.05, 0.1) is 10.9 Å². The highest BCUT2D eigenvalue weighted by Gasteiger charge is 2.32. The molecule has 1 aliphatic heterocycles. The summed E-state index contributed by atoms with van der Waals surface area (Å²) >= 11 is 6.87. The number of carbonyl (C=O) groups excluding carboxylic acids is 1. The Morgan fingerprint density at radius 3 is 2.50 bits per heavy atom. The molecule has 0 radical (unpaired) electrons. The number of piperazine rings is 1. The molecule has 22 heavy (non-hydrogen) atoms. The van der Waals surface area contributed by atoms with E-state index in [0.717, 1.165) is 11.3 Å². The molecule has 0 spiro atoms. The molecule has 2 heterocycles. The average Bonchev–Trinajstić information content (AvgIpc) is 2.94. The van der Waals surface area contributed by atoms with Crippen LogP contribution in [0.3, 0.4) is 0 Å². The van der Waals surface area contributed by atoms with Gasteiger partial charge in [-0.1, -0.05) is 11.6 Å². The summed E-state index contributed by atoms with van der Waals surface area (Å²) in [5, 5.41) is 0. The number of thiophene rings is 1. The number of rotatable bonds is 5. The molecule has 2 rings (SSSR count). The zero-order valence-corrected chi connectivity index (χ0v) is 14.9. The van der Waals surface area contributed by atoms with Crippen molar-refractivity contribution in [1.82, 2.24) is 9.21 Å². The van der Waals surface area contributed by atoms with Gasteiger partial charge in [-0.05, 0) is 26.0 Å². The maximum Gasteiger partial charge on any atom is 0.323 e. The fourth-order valence-electron chi connectivity index (χ4n) is 2.31. The normalized spacial score (nSPS) is 19.0. The number of ether oxygens (including phenoxy) is 1. The Labute approximate surface area is 139 Å². The Morgan fingerprint density at radius 1 is 1.36 bits per heavy atom. The summed E-state index contributed by atoms with van der Waals surface area (Å²) in [7, 11) is -3.50. The third-order valence-electron chi connectivity index (χ3n) is 3.59. The molecule has 0 bridgehead atoms. The van der Waals surface area contributed by atoms with Crippen molar-refractivity contribution in [2.45, 2.75) is 24.1 Å². The molecule has 0 amide bonds. The first kappa shape index (κ1) is 17.7. The van der Waals surface area contributed by atoms with Crippen LogP contribution >= 0.6 is 22.9 Å². The highest BCUT2D eigenvalue weighted by atomic mass is 35.5. The molecule has 1 fully saturated rings. The standard InChI is InChI=1S/C13H19ClN2O4S2/c1-3-20-13(17)10(2)15-6-8-16(9-7-15)22(18,19)12-5-4-11(14)21-12/h4-5,10H,3,6-9H2,1-2H3. The van der Waals surface area contributed by atoms with E-state index in [-0.39, 0.29) is 16.2 Å². The number of carbonyl (C=O) groups is 1. The van der Waals surface area contributed by atoms with E-state index in [1.165, 1.54) is 10.4 Å². The van der Waals surface area contributed by atoms with Crippen LogP contribution in [0.15, 0.2) is 16.3 Å². The molecular formula is C13H19ClN2O4S2. The number of sulfonamides is 1. The minimum atomic E-state index is -3.50. The topological polar surface area (TPSA) is 66.9 Å². The number of hydrogen-bond donors (Lipinski definition) is 0. The Morgan fingerprint density at radius 2 is 2.00 bits per heavy atom. The maximum atomic E-state index is 12.5. The van der Waals surface area contributed by atoms with E-state index in [2.05, 4.69) is 0 Å². The highest BCUT2D eigenvalue weighted by Crippen LogP contribution is 2.28. The first-order valence-corrected chi connectivity index (χ1v) is 9.66. The molecule has 1 aromatic rings. The summed E-state index contributed by atoms with van der Waals surface area (Å²) in [4.78, 5) is 13.7. The second kappa shape index (κ2) is 7.27. The van der Waals surface area contributed by atoms with Gasteiger partial charge in [-0.15, -0.1) is 11.3 Å². The Kier molecular flexibility index (Phi) is 5.84. The summed E-state index contributed by atoms with van der Waals surface area (Å²) in [5.74, 6) is -0.274. The third kappa shape index (κ3) is 3.80. The summed E-state index contributed by atoms with van der Waals surface area (Å²) in [6, 6.07) is 2.75. The number of esters is 1. The number of nitrogens with zero attached hydrogens (tertiary/aromatic N) is 2. The molecule has 1 saturated heterocycles. The SMILES string of the molecule is CCOC(=O)C(C)N1CCN(S(=O)(=O)c2ccc(Cl)s2)CC1. The average molecular weight is 367 g/mol. The van der Waals surface area contributed by atoms with Crippen LogP contribution in [-0.4, -0.2) is 62.4 Å². The van der Waals surface area contributed by atoms with Crippen LogP contribution in [0, 0.1) is 0 Å². The van der Waals surface area contributed by atoms with Crippen LogP contribution in [0.25, 0.3) is 0 Å². The first-order chi connectivity index (χ1) is 10.4. The molecule has 1 atom stereocenters. The second-order valence-corrected chi connectivity index (χ2v) is 8.81. The van der Waals surface area contributed by atoms with Crippen LogP contribution in [-0.2, 0) is 19.6 Å². The van der Waals surface area contributed by atoms with Crippen molar-refractivity contribution < 1.29 is 17.9 Å². The molecular weight excluding hydrogens is 348 g/mol. The van der Waals surface area contributed by atoms with Crippen molar-refractivity contribution in [3.8, 4) is 0 Å². The van der Waals surface area contributed by atoms with Crippen molar-refractivity contribution in [2.75, 3.05) is 32.8 Å². The summed E-state index contributed by atoms with van der Waals surface area (Å²) in [6.45, 7) is 5.58. The van der Waals surface area contributed by atoms with E-state index >= 15 is 0 Å². The van der Waals surface area contributed by atoms with Gasteiger partial charge in [0.15, 0.2) is 0 Å². The van der Waals surface area contributed by atoms with Crippen molar-refractivity contribution >= 4 is 38.9 Å². The molecule has 0 saturated carbocycles. The van der Waals surface area contributed by atoms with Crippen molar-refractivity contribution in [3.05, 3.63) is 16.5 Å². The van der Waals surface area contributed by atoms with Gasteiger partial charge >= 0.3 is 5.97 Å². The van der Waals surface area contributed by atoms with Crippen LogP contribution in [0.5, 0.6) is 0 Å². The number of halogens is 1. The monoisotopic (exact) mass is 366 g/mol. The lowest BCUT2D eigenvalue weighted by Gasteiger charge is -2.36. The zero-order valence-electron chi connectivity index (χ0n) is 12.5. The van der Waals surface area contributed by atoms with E-state index in [0.29, 0.717) is 37.1 Å². The van der Waals surface area contributed by atoms with Crippen LogP contribution in [0.2, 0.25) is 4.34 Å². The van der Waals surface area contributed by atoms with E-state index < -0.39 is 10.0 Å². The van der Waals surface area contributed by atoms with Crippen LogP contribution in [0.4, 0.5) is 0 Å². The molecule has 0 aliphatic carbocycles. The predicted octanol–water partition coefficient (Wildman–Crippen LogP) is 1.66. The Bertz CT molecular complexity index is 624. The van der Waals surface area contributed by atoms with E-state index in [9.17, 15) is 13.2 Å². The van der Waals surface area contributed by atoms with Crippen molar-refractivity contribution in [2.24, 2.45) is 0 Å². The minimum Gasteiger partial charge on any atom is -0.465 e. The lowest BCUT2D eigenvalue weighted by molar-refractivity contribution is -0.149. The van der Waals surface area contributed by atoms with Crippen molar-refractivity contribution in [1.29, 1.82) is 0 Å². The smallest absolute Gasteiger partial charge is 0.323 e. The summed E-state index contributed by atoms with van der Waals surface area (Å²) < 4.78 is 32.1. The third-order valence-corrected chi connectivity index (χ3v) is 7.19. The van der Waals surface area contributed by atoms with Gasteiger partial charge in [0.2, 0.25) is 0 Å². The van der Waals surface area contributed by atoms with Crippen molar-refractivity contribution in [3.63, 3.8) is 0 Å². The van der Waals surface area contributed by atoms with Gasteiger partial charge in [-0.3, -0.25) is 9.69 Å².